The van der Waals surface area contributed by atoms with Gasteiger partial charge in [0.25, 0.3) is 5.91 Å². The van der Waals surface area contributed by atoms with Crippen LogP contribution in [0, 0.1) is 0 Å². The van der Waals surface area contributed by atoms with Gasteiger partial charge in [0, 0.05) is 34.2 Å². The molecule has 1 aromatic heterocycles. The third kappa shape index (κ3) is 4.44. The molecule has 5 nitrogen and oxygen atoms in total. The molecule has 0 fully saturated rings. The lowest BCUT2D eigenvalue weighted by Crippen LogP contribution is -2.22. The van der Waals surface area contributed by atoms with Gasteiger partial charge in [-0.3, -0.25) is 9.59 Å². The van der Waals surface area contributed by atoms with E-state index >= 15 is 0 Å². The van der Waals surface area contributed by atoms with E-state index in [1.807, 2.05) is 0 Å². The summed E-state index contributed by atoms with van der Waals surface area (Å²) in [5.41, 5.74) is 0.943. The first kappa shape index (κ1) is 23.6. The highest BCUT2D eigenvalue weighted by Crippen LogP contribution is 2.39. The number of fused-ring (bicyclic) bond motifs is 1. The van der Waals surface area contributed by atoms with Crippen LogP contribution >= 0.6 is 11.6 Å². The maximum absolute atomic E-state index is 13.2. The summed E-state index contributed by atoms with van der Waals surface area (Å²) in [6, 6.07) is 4.74. The summed E-state index contributed by atoms with van der Waals surface area (Å²) < 4.78 is 84.2. The average Bonchev–Trinajstić information content (AvgIpc) is 3.05. The number of amides is 1. The second-order valence-electron chi connectivity index (χ2n) is 6.74. The molecule has 0 aliphatic rings. The Kier molecular flexibility index (Phi) is 6.00. The Morgan fingerprint density at radius 2 is 1.56 bits per heavy atom. The number of nitrogens with one attached hydrogen (secondary N) is 1. The summed E-state index contributed by atoms with van der Waals surface area (Å²) in [6.45, 7) is 0. The van der Waals surface area contributed by atoms with Crippen molar-refractivity contribution >= 4 is 34.2 Å². The fraction of sp³-hybridized carbons (Fsp3) is 0.200. The Morgan fingerprint density at radius 3 is 2.03 bits per heavy atom. The molecular weight excluding hydrogens is 466 g/mol. The first-order valence-electron chi connectivity index (χ1n) is 8.71. The Bertz CT molecular complexity index is 1180. The molecule has 3 rings (SSSR count). The number of halogens is 7. The van der Waals surface area contributed by atoms with Gasteiger partial charge in [-0.05, 0) is 36.4 Å². The number of carbonyl (C=O) groups is 2. The smallest absolute Gasteiger partial charge is 0.368 e. The number of rotatable bonds is 5. The fourth-order valence-corrected chi connectivity index (χ4v) is 3.43. The number of hydrogen-bond donors (Lipinski definition) is 2. The Hall–Kier alpha value is -3.05. The lowest BCUT2D eigenvalue weighted by molar-refractivity contribution is -0.143. The summed E-state index contributed by atoms with van der Waals surface area (Å²) >= 11 is 5.96. The van der Waals surface area contributed by atoms with Crippen molar-refractivity contribution in [2.75, 3.05) is 7.11 Å². The van der Waals surface area contributed by atoms with Crippen LogP contribution in [0.25, 0.3) is 10.9 Å². The van der Waals surface area contributed by atoms with Crippen molar-refractivity contribution in [3.05, 3.63) is 69.4 Å². The molecule has 3 aromatic rings. The van der Waals surface area contributed by atoms with E-state index in [4.69, 9.17) is 22.1 Å². The number of ether oxygens (including phenoxy) is 1. The van der Waals surface area contributed by atoms with Crippen LogP contribution in [0.15, 0.2) is 36.4 Å². The van der Waals surface area contributed by atoms with Crippen molar-refractivity contribution in [3.8, 4) is 0 Å². The fourth-order valence-electron chi connectivity index (χ4n) is 3.26. The Balaban J connectivity index is 2.24. The first-order chi connectivity index (χ1) is 14.7. The number of hydrogen-bond acceptors (Lipinski definition) is 3. The molecule has 2 aromatic carbocycles. The zero-order valence-corrected chi connectivity index (χ0v) is 16.7. The van der Waals surface area contributed by atoms with Crippen LogP contribution in [0.3, 0.4) is 0 Å². The molecule has 0 saturated carbocycles. The standard InChI is InChI=1S/C20H13ClF6N2O3/c1-32-17(14-12-7-11(21)2-3-13(12)29-15(14)18(28)31)16(30)8-4-9(19(22,23)24)6-10(5-8)20(25,26)27/h2-7,17,29H,1H3,(H2,28,31). The van der Waals surface area contributed by atoms with E-state index in [2.05, 4.69) is 4.98 Å². The number of ketones is 1. The van der Waals surface area contributed by atoms with Crippen LogP contribution in [0.2, 0.25) is 5.02 Å². The number of alkyl halides is 6. The molecule has 0 spiro atoms. The van der Waals surface area contributed by atoms with Gasteiger partial charge in [-0.15, -0.1) is 0 Å². The van der Waals surface area contributed by atoms with Gasteiger partial charge < -0.3 is 15.5 Å². The average molecular weight is 479 g/mol. The van der Waals surface area contributed by atoms with Gasteiger partial charge in [0.1, 0.15) is 11.8 Å². The number of aromatic amines is 1. The van der Waals surface area contributed by atoms with E-state index in [0.717, 1.165) is 7.11 Å². The van der Waals surface area contributed by atoms with Gasteiger partial charge in [0.15, 0.2) is 5.78 Å². The van der Waals surface area contributed by atoms with Crippen LogP contribution in [0.1, 0.15) is 43.6 Å². The van der Waals surface area contributed by atoms with Crippen LogP contribution in [-0.2, 0) is 17.1 Å². The summed E-state index contributed by atoms with van der Waals surface area (Å²) in [5.74, 6) is -2.27. The molecule has 1 atom stereocenters. The van der Waals surface area contributed by atoms with Gasteiger partial charge in [-0.1, -0.05) is 11.6 Å². The predicted octanol–water partition coefficient (Wildman–Crippen LogP) is 5.53. The molecule has 0 aliphatic heterocycles. The van der Waals surface area contributed by atoms with Crippen molar-refractivity contribution in [2.24, 2.45) is 5.73 Å². The molecule has 12 heteroatoms. The highest BCUT2D eigenvalue weighted by molar-refractivity contribution is 6.31. The zero-order chi connectivity index (χ0) is 24.0. The molecule has 1 amide bonds. The summed E-state index contributed by atoms with van der Waals surface area (Å²) in [4.78, 5) is 27.7. The summed E-state index contributed by atoms with van der Waals surface area (Å²) in [7, 11) is 1.01. The van der Waals surface area contributed by atoms with Gasteiger partial charge in [0.2, 0.25) is 0 Å². The third-order valence-corrected chi connectivity index (χ3v) is 4.89. The normalized spacial score (nSPS) is 13.4. The molecule has 0 bridgehead atoms. The minimum atomic E-state index is -5.15. The maximum atomic E-state index is 13.2. The highest BCUT2D eigenvalue weighted by Gasteiger charge is 2.39. The number of aromatic nitrogens is 1. The quantitative estimate of drug-likeness (QED) is 0.373. The summed E-state index contributed by atoms with van der Waals surface area (Å²) in [5, 5.41) is 0.379. The van der Waals surface area contributed by atoms with Crippen LogP contribution in [-0.4, -0.2) is 23.8 Å². The number of H-pyrrole nitrogens is 1. The van der Waals surface area contributed by atoms with E-state index in [1.54, 1.807) is 0 Å². The molecule has 0 aliphatic carbocycles. The second-order valence-corrected chi connectivity index (χ2v) is 7.18. The first-order valence-corrected chi connectivity index (χ1v) is 9.09. The maximum Gasteiger partial charge on any atom is 0.416 e. The highest BCUT2D eigenvalue weighted by atomic mass is 35.5. The molecule has 0 saturated heterocycles. The molecular formula is C20H13ClF6N2O3. The van der Waals surface area contributed by atoms with Gasteiger partial charge in [-0.25, -0.2) is 0 Å². The van der Waals surface area contributed by atoms with Crippen molar-refractivity contribution < 1.29 is 40.7 Å². The number of nitrogens with two attached hydrogens (primary N) is 1. The van der Waals surface area contributed by atoms with Crippen LogP contribution in [0.4, 0.5) is 26.3 Å². The van der Waals surface area contributed by atoms with Gasteiger partial charge in [0.05, 0.1) is 11.1 Å². The van der Waals surface area contributed by atoms with Crippen molar-refractivity contribution in [1.29, 1.82) is 0 Å². The van der Waals surface area contributed by atoms with Crippen LogP contribution in [0.5, 0.6) is 0 Å². The lowest BCUT2D eigenvalue weighted by Gasteiger charge is -2.18. The molecule has 170 valence electrons. The van der Waals surface area contributed by atoms with E-state index in [0.29, 0.717) is 5.52 Å². The third-order valence-electron chi connectivity index (χ3n) is 4.66. The van der Waals surface area contributed by atoms with Crippen LogP contribution < -0.4 is 5.73 Å². The largest absolute Gasteiger partial charge is 0.416 e. The molecule has 0 radical (unpaired) electrons. The Morgan fingerprint density at radius 1 is 1.00 bits per heavy atom. The topological polar surface area (TPSA) is 85.2 Å². The minimum absolute atomic E-state index is 0.0983. The van der Waals surface area contributed by atoms with E-state index in [-0.39, 0.29) is 39.9 Å². The molecule has 3 N–H and O–H groups in total. The number of Topliss-reactive ketones (excluding diaryl/α,β-unsaturated/α-hetero) is 1. The number of methoxy groups -OCH3 is 1. The SMILES string of the molecule is COC(C(=O)c1cc(C(F)(F)F)cc(C(F)(F)F)c1)c1c(C(N)=O)[nH]c2ccc(Cl)cc12. The van der Waals surface area contributed by atoms with Crippen molar-refractivity contribution in [3.63, 3.8) is 0 Å². The van der Waals surface area contributed by atoms with Crippen molar-refractivity contribution in [2.45, 2.75) is 18.5 Å². The molecule has 1 unspecified atom stereocenters. The molecule has 32 heavy (non-hydrogen) atoms. The van der Waals surface area contributed by atoms with E-state index in [9.17, 15) is 35.9 Å². The summed E-state index contributed by atoms with van der Waals surface area (Å²) in [6.07, 6.45) is -12.0. The number of benzene rings is 2. The number of carbonyl (C=O) groups excluding carboxylic acids is 2. The lowest BCUT2D eigenvalue weighted by atomic mass is 9.94. The monoisotopic (exact) mass is 478 g/mol. The van der Waals surface area contributed by atoms with Gasteiger partial charge >= 0.3 is 12.4 Å². The Labute approximate surface area is 181 Å². The second kappa shape index (κ2) is 8.14. The van der Waals surface area contributed by atoms with E-state index < -0.39 is 46.8 Å². The minimum Gasteiger partial charge on any atom is -0.368 e. The van der Waals surface area contributed by atoms with Gasteiger partial charge in [-0.2, -0.15) is 26.3 Å². The number of primary amides is 1. The zero-order valence-electron chi connectivity index (χ0n) is 16.0. The van der Waals surface area contributed by atoms with Crippen molar-refractivity contribution in [1.82, 2.24) is 4.98 Å². The molecule has 1 heterocycles. The van der Waals surface area contributed by atoms with E-state index in [1.165, 1.54) is 18.2 Å². The predicted molar refractivity (Wildman–Crippen MR) is 102 cm³/mol.